The third-order valence-corrected chi connectivity index (χ3v) is 1.67. The van der Waals surface area contributed by atoms with Crippen molar-refractivity contribution in [2.45, 2.75) is 19.4 Å². The van der Waals surface area contributed by atoms with Crippen LogP contribution in [-0.2, 0) is 0 Å². The highest BCUT2D eigenvalue weighted by Crippen LogP contribution is 2.03. The van der Waals surface area contributed by atoms with Crippen molar-refractivity contribution < 1.29 is 0 Å². The van der Waals surface area contributed by atoms with Crippen LogP contribution in [0.2, 0.25) is 0 Å². The molecule has 0 bridgehead atoms. The van der Waals surface area contributed by atoms with Gasteiger partial charge in [-0.05, 0) is 12.5 Å². The lowest BCUT2D eigenvalue weighted by molar-refractivity contribution is 0.630. The first-order valence-electron chi connectivity index (χ1n) is 3.88. The fraction of sp³-hybridized carbons (Fsp3) is 0.556. The van der Waals surface area contributed by atoms with Crippen molar-refractivity contribution >= 4 is 0 Å². The van der Waals surface area contributed by atoms with Crippen LogP contribution in [0.1, 0.15) is 13.3 Å². The highest BCUT2D eigenvalue weighted by Gasteiger charge is 2.06. The molecule has 3 N–H and O–H groups in total. The minimum absolute atomic E-state index is 0.178. The maximum Gasteiger partial charge on any atom is 0.0354 e. The Labute approximate surface area is 67.9 Å². The van der Waals surface area contributed by atoms with Gasteiger partial charge in [0.15, 0.2) is 0 Å². The van der Waals surface area contributed by atoms with E-state index >= 15 is 0 Å². The molecule has 0 aromatic heterocycles. The van der Waals surface area contributed by atoms with E-state index in [1.807, 2.05) is 6.92 Å². The zero-order valence-electron chi connectivity index (χ0n) is 6.85. The number of nitrogens with one attached hydrogen (secondary N) is 1. The van der Waals surface area contributed by atoms with Gasteiger partial charge < -0.3 is 11.1 Å². The first kappa shape index (κ1) is 8.32. The van der Waals surface area contributed by atoms with E-state index in [-0.39, 0.29) is 6.04 Å². The summed E-state index contributed by atoms with van der Waals surface area (Å²) < 4.78 is 0. The largest absolute Gasteiger partial charge is 0.323 e. The molecule has 1 rings (SSSR count). The summed E-state index contributed by atoms with van der Waals surface area (Å²) in [5.41, 5.74) is 7.03. The first-order chi connectivity index (χ1) is 5.33. The Balaban J connectivity index is 2.47. The molecule has 1 heterocycles. The van der Waals surface area contributed by atoms with Crippen LogP contribution in [0.5, 0.6) is 0 Å². The number of hydrogen-bond donors (Lipinski definition) is 2. The van der Waals surface area contributed by atoms with Crippen molar-refractivity contribution in [1.82, 2.24) is 5.32 Å². The van der Waals surface area contributed by atoms with Crippen molar-refractivity contribution in [1.29, 1.82) is 0 Å². The molecular formula is C9H14N2. The van der Waals surface area contributed by atoms with Crippen LogP contribution in [0.3, 0.4) is 0 Å². The van der Waals surface area contributed by atoms with E-state index in [0.29, 0.717) is 0 Å². The van der Waals surface area contributed by atoms with Crippen LogP contribution < -0.4 is 11.1 Å². The summed E-state index contributed by atoms with van der Waals surface area (Å²) in [6, 6.07) is 0.178. The molecule has 0 amide bonds. The lowest BCUT2D eigenvalue weighted by Gasteiger charge is -2.17. The van der Waals surface area contributed by atoms with Gasteiger partial charge in [-0.2, -0.15) is 0 Å². The summed E-state index contributed by atoms with van der Waals surface area (Å²) in [5.74, 6) is 5.90. The third-order valence-electron chi connectivity index (χ3n) is 1.67. The van der Waals surface area contributed by atoms with Gasteiger partial charge in [-0.25, -0.2) is 0 Å². The molecule has 1 aliphatic heterocycles. The Hall–Kier alpha value is -0.780. The van der Waals surface area contributed by atoms with Gasteiger partial charge >= 0.3 is 0 Å². The Morgan fingerprint density at radius 2 is 2.64 bits per heavy atom. The number of hydrogen-bond acceptors (Lipinski definition) is 2. The lowest BCUT2D eigenvalue weighted by Crippen LogP contribution is -2.37. The van der Waals surface area contributed by atoms with E-state index < -0.39 is 0 Å². The van der Waals surface area contributed by atoms with Gasteiger partial charge in [0.25, 0.3) is 0 Å². The van der Waals surface area contributed by atoms with Crippen molar-refractivity contribution in [2.24, 2.45) is 5.73 Å². The Morgan fingerprint density at radius 3 is 3.27 bits per heavy atom. The summed E-state index contributed by atoms with van der Waals surface area (Å²) in [6.07, 6.45) is 2.97. The summed E-state index contributed by atoms with van der Waals surface area (Å²) in [5, 5.41) is 3.23. The van der Waals surface area contributed by atoms with Crippen molar-refractivity contribution in [2.75, 3.05) is 13.1 Å². The van der Waals surface area contributed by atoms with Gasteiger partial charge in [0.1, 0.15) is 0 Å². The topological polar surface area (TPSA) is 38.0 Å². The molecular weight excluding hydrogens is 136 g/mol. The predicted octanol–water partition coefficient (Wildman–Crippen LogP) is 0.257. The fourth-order valence-corrected chi connectivity index (χ4v) is 1.14. The molecule has 0 aromatic rings. The van der Waals surface area contributed by atoms with Crippen LogP contribution in [-0.4, -0.2) is 19.1 Å². The SMILES string of the molecule is CC#CCC1=CC(N)CNC1. The summed E-state index contributed by atoms with van der Waals surface area (Å²) in [4.78, 5) is 0. The average Bonchev–Trinajstić information content (AvgIpc) is 2.01. The van der Waals surface area contributed by atoms with Crippen molar-refractivity contribution in [3.8, 4) is 11.8 Å². The van der Waals surface area contributed by atoms with Crippen LogP contribution in [0, 0.1) is 11.8 Å². The molecule has 0 saturated carbocycles. The second-order valence-electron chi connectivity index (χ2n) is 2.72. The van der Waals surface area contributed by atoms with E-state index in [2.05, 4.69) is 23.2 Å². The van der Waals surface area contributed by atoms with Gasteiger partial charge in [-0.3, -0.25) is 0 Å². The Kier molecular flexibility index (Phi) is 3.15. The summed E-state index contributed by atoms with van der Waals surface area (Å²) in [7, 11) is 0. The molecule has 2 nitrogen and oxygen atoms in total. The first-order valence-corrected chi connectivity index (χ1v) is 3.88. The molecule has 2 heteroatoms. The molecule has 0 fully saturated rings. The smallest absolute Gasteiger partial charge is 0.0354 e. The molecule has 0 aromatic carbocycles. The van der Waals surface area contributed by atoms with Gasteiger partial charge in [0.05, 0.1) is 0 Å². The second-order valence-corrected chi connectivity index (χ2v) is 2.72. The molecule has 60 valence electrons. The highest BCUT2D eigenvalue weighted by atomic mass is 14.9. The lowest BCUT2D eigenvalue weighted by atomic mass is 10.1. The maximum atomic E-state index is 5.71. The third kappa shape index (κ3) is 2.75. The standard InChI is InChI=1S/C9H14N2/c1-2-3-4-8-5-9(10)7-11-6-8/h5,9,11H,4,6-7,10H2,1H3. The van der Waals surface area contributed by atoms with Gasteiger partial charge in [-0.1, -0.05) is 12.0 Å². The van der Waals surface area contributed by atoms with Crippen molar-refractivity contribution in [3.05, 3.63) is 11.6 Å². The zero-order chi connectivity index (χ0) is 8.10. The molecule has 1 unspecified atom stereocenters. The summed E-state index contributed by atoms with van der Waals surface area (Å²) in [6.45, 7) is 3.70. The summed E-state index contributed by atoms with van der Waals surface area (Å²) >= 11 is 0. The highest BCUT2D eigenvalue weighted by molar-refractivity contribution is 5.18. The van der Waals surface area contributed by atoms with E-state index in [1.54, 1.807) is 0 Å². The normalized spacial score (nSPS) is 23.5. The molecule has 1 atom stereocenters. The Morgan fingerprint density at radius 1 is 1.82 bits per heavy atom. The fourth-order valence-electron chi connectivity index (χ4n) is 1.14. The van der Waals surface area contributed by atoms with Crippen LogP contribution in [0.4, 0.5) is 0 Å². The molecule has 0 radical (unpaired) electrons. The minimum atomic E-state index is 0.178. The molecule has 0 aliphatic carbocycles. The van der Waals surface area contributed by atoms with E-state index in [9.17, 15) is 0 Å². The molecule has 0 spiro atoms. The van der Waals surface area contributed by atoms with Gasteiger partial charge in [-0.15, -0.1) is 5.92 Å². The van der Waals surface area contributed by atoms with Gasteiger partial charge in [0.2, 0.25) is 0 Å². The Bertz CT molecular complexity index is 207. The average molecular weight is 150 g/mol. The monoisotopic (exact) mass is 150 g/mol. The van der Waals surface area contributed by atoms with Crippen LogP contribution in [0.15, 0.2) is 11.6 Å². The predicted molar refractivity (Wildman–Crippen MR) is 47.0 cm³/mol. The van der Waals surface area contributed by atoms with E-state index in [1.165, 1.54) is 5.57 Å². The molecule has 1 aliphatic rings. The van der Waals surface area contributed by atoms with Crippen LogP contribution >= 0.6 is 0 Å². The minimum Gasteiger partial charge on any atom is -0.323 e. The quantitative estimate of drug-likeness (QED) is 0.415. The number of rotatable bonds is 1. The molecule has 0 saturated heterocycles. The van der Waals surface area contributed by atoms with E-state index in [0.717, 1.165) is 19.5 Å². The second kappa shape index (κ2) is 4.17. The van der Waals surface area contributed by atoms with Crippen molar-refractivity contribution in [3.63, 3.8) is 0 Å². The van der Waals surface area contributed by atoms with Gasteiger partial charge in [0, 0.05) is 25.6 Å². The zero-order valence-corrected chi connectivity index (χ0v) is 6.85. The van der Waals surface area contributed by atoms with Crippen LogP contribution in [0.25, 0.3) is 0 Å². The maximum absolute atomic E-state index is 5.71. The molecule has 11 heavy (non-hydrogen) atoms. The number of nitrogens with two attached hydrogens (primary N) is 1. The van der Waals surface area contributed by atoms with E-state index in [4.69, 9.17) is 5.73 Å².